The third kappa shape index (κ3) is 2.73. The zero-order valence-corrected chi connectivity index (χ0v) is 12.2. The molecule has 0 saturated heterocycles. The molecule has 0 aliphatic rings. The fourth-order valence-corrected chi connectivity index (χ4v) is 3.14. The Hall–Kier alpha value is -2.13. The number of benzene rings is 1. The van der Waals surface area contributed by atoms with Crippen LogP contribution >= 0.6 is 11.3 Å². The Bertz CT molecular complexity index is 672. The number of thiophene rings is 1. The summed E-state index contributed by atoms with van der Waals surface area (Å²) in [6.07, 6.45) is 3.67. The lowest BCUT2D eigenvalue weighted by Crippen LogP contribution is -1.95. The molecule has 20 heavy (non-hydrogen) atoms. The van der Waals surface area contributed by atoms with Crippen molar-refractivity contribution in [2.24, 2.45) is 0 Å². The van der Waals surface area contributed by atoms with Crippen molar-refractivity contribution < 1.29 is 0 Å². The van der Waals surface area contributed by atoms with Crippen molar-refractivity contribution in [2.75, 3.05) is 11.9 Å². The number of anilines is 1. The molecule has 0 aliphatic heterocycles. The molecule has 0 unspecified atom stereocenters. The highest BCUT2D eigenvalue weighted by Gasteiger charge is 2.04. The summed E-state index contributed by atoms with van der Waals surface area (Å²) >= 11 is 1.81. The fourth-order valence-electron chi connectivity index (χ4n) is 2.12. The van der Waals surface area contributed by atoms with Crippen molar-refractivity contribution in [3.05, 3.63) is 60.9 Å². The van der Waals surface area contributed by atoms with Gasteiger partial charge in [-0.2, -0.15) is 0 Å². The summed E-state index contributed by atoms with van der Waals surface area (Å²) in [5.74, 6) is 0. The first-order valence-electron chi connectivity index (χ1n) is 6.71. The van der Waals surface area contributed by atoms with Gasteiger partial charge in [-0.3, -0.25) is 4.98 Å². The summed E-state index contributed by atoms with van der Waals surface area (Å²) in [5.41, 5.74) is 3.65. The van der Waals surface area contributed by atoms with Gasteiger partial charge in [-0.15, -0.1) is 11.3 Å². The second-order valence-corrected chi connectivity index (χ2v) is 5.59. The molecule has 0 fully saturated rings. The standard InChI is InChI=1S/C17H16N2S/c1-2-19-15-5-3-13(4-6-15)16-7-8-17(20-16)14-9-11-18-12-10-14/h3-12,19H,2H2,1H3. The highest BCUT2D eigenvalue weighted by atomic mass is 32.1. The molecule has 0 atom stereocenters. The van der Waals surface area contributed by atoms with Gasteiger partial charge in [0.1, 0.15) is 0 Å². The first-order chi connectivity index (χ1) is 9.86. The van der Waals surface area contributed by atoms with Gasteiger partial charge >= 0.3 is 0 Å². The Labute approximate surface area is 123 Å². The van der Waals surface area contributed by atoms with E-state index in [1.807, 2.05) is 35.9 Å². The van der Waals surface area contributed by atoms with E-state index in [1.54, 1.807) is 0 Å². The van der Waals surface area contributed by atoms with E-state index in [2.05, 4.69) is 53.6 Å². The number of hydrogen-bond donors (Lipinski definition) is 1. The van der Waals surface area contributed by atoms with E-state index in [0.29, 0.717) is 0 Å². The number of nitrogens with zero attached hydrogens (tertiary/aromatic N) is 1. The first kappa shape index (κ1) is 12.9. The zero-order valence-electron chi connectivity index (χ0n) is 11.3. The van der Waals surface area contributed by atoms with Crippen LogP contribution in [0.15, 0.2) is 60.9 Å². The van der Waals surface area contributed by atoms with Gasteiger partial charge in [0.15, 0.2) is 0 Å². The molecule has 2 aromatic heterocycles. The molecule has 2 heterocycles. The van der Waals surface area contributed by atoms with Crippen LogP contribution < -0.4 is 5.32 Å². The first-order valence-corrected chi connectivity index (χ1v) is 7.53. The summed E-state index contributed by atoms with van der Waals surface area (Å²) < 4.78 is 0. The SMILES string of the molecule is CCNc1ccc(-c2ccc(-c3ccncc3)s2)cc1. The number of nitrogens with one attached hydrogen (secondary N) is 1. The quantitative estimate of drug-likeness (QED) is 0.734. The van der Waals surface area contributed by atoms with E-state index < -0.39 is 0 Å². The number of rotatable bonds is 4. The molecule has 1 aromatic carbocycles. The molecular weight excluding hydrogens is 264 g/mol. The predicted octanol–water partition coefficient (Wildman–Crippen LogP) is 4.91. The van der Waals surface area contributed by atoms with Crippen molar-refractivity contribution in [1.29, 1.82) is 0 Å². The van der Waals surface area contributed by atoms with Crippen molar-refractivity contribution in [1.82, 2.24) is 4.98 Å². The monoisotopic (exact) mass is 280 g/mol. The van der Waals surface area contributed by atoms with Crippen molar-refractivity contribution in [2.45, 2.75) is 6.92 Å². The van der Waals surface area contributed by atoms with Crippen molar-refractivity contribution in [3.8, 4) is 20.9 Å². The average molecular weight is 280 g/mol. The number of pyridine rings is 1. The van der Waals surface area contributed by atoms with Gasteiger partial charge in [-0.25, -0.2) is 0 Å². The van der Waals surface area contributed by atoms with Crippen LogP contribution in [0.25, 0.3) is 20.9 Å². The van der Waals surface area contributed by atoms with E-state index in [-0.39, 0.29) is 0 Å². The van der Waals surface area contributed by atoms with E-state index in [0.717, 1.165) is 6.54 Å². The van der Waals surface area contributed by atoms with Crippen LogP contribution in [0.2, 0.25) is 0 Å². The Morgan fingerprint density at radius 3 is 2.05 bits per heavy atom. The highest BCUT2D eigenvalue weighted by molar-refractivity contribution is 7.18. The Morgan fingerprint density at radius 1 is 0.850 bits per heavy atom. The minimum Gasteiger partial charge on any atom is -0.385 e. The molecule has 0 saturated carbocycles. The molecule has 0 radical (unpaired) electrons. The zero-order chi connectivity index (χ0) is 13.8. The Kier molecular flexibility index (Phi) is 3.79. The smallest absolute Gasteiger partial charge is 0.0350 e. The minimum atomic E-state index is 0.949. The molecule has 1 N–H and O–H groups in total. The molecule has 2 nitrogen and oxygen atoms in total. The molecule has 100 valence electrons. The summed E-state index contributed by atoms with van der Waals surface area (Å²) in [6, 6.07) is 17.0. The third-order valence-corrected chi connectivity index (χ3v) is 4.30. The molecule has 3 aromatic rings. The average Bonchev–Trinajstić information content (AvgIpc) is 2.99. The maximum Gasteiger partial charge on any atom is 0.0350 e. The van der Waals surface area contributed by atoms with Gasteiger partial charge in [0, 0.05) is 34.4 Å². The summed E-state index contributed by atoms with van der Waals surface area (Å²) in [5, 5.41) is 3.31. The van der Waals surface area contributed by atoms with Gasteiger partial charge in [0.05, 0.1) is 0 Å². The highest BCUT2D eigenvalue weighted by Crippen LogP contribution is 2.34. The minimum absolute atomic E-state index is 0.949. The number of aromatic nitrogens is 1. The second kappa shape index (κ2) is 5.88. The molecule has 0 spiro atoms. The normalized spacial score (nSPS) is 10.4. The van der Waals surface area contributed by atoms with Gasteiger partial charge in [-0.05, 0) is 54.4 Å². The molecule has 3 rings (SSSR count). The summed E-state index contributed by atoms with van der Waals surface area (Å²) in [4.78, 5) is 6.63. The van der Waals surface area contributed by atoms with Crippen molar-refractivity contribution >= 4 is 17.0 Å². The summed E-state index contributed by atoms with van der Waals surface area (Å²) in [6.45, 7) is 3.05. The van der Waals surface area contributed by atoms with Crippen LogP contribution in [-0.2, 0) is 0 Å². The predicted molar refractivity (Wildman–Crippen MR) is 87.1 cm³/mol. The van der Waals surface area contributed by atoms with E-state index >= 15 is 0 Å². The third-order valence-electron chi connectivity index (χ3n) is 3.12. The summed E-state index contributed by atoms with van der Waals surface area (Å²) in [7, 11) is 0. The van der Waals surface area contributed by atoms with Gasteiger partial charge in [-0.1, -0.05) is 12.1 Å². The lowest BCUT2D eigenvalue weighted by atomic mass is 10.1. The van der Waals surface area contributed by atoms with Crippen molar-refractivity contribution in [3.63, 3.8) is 0 Å². The van der Waals surface area contributed by atoms with Gasteiger partial charge < -0.3 is 5.32 Å². The molecule has 0 bridgehead atoms. The Balaban J connectivity index is 1.86. The van der Waals surface area contributed by atoms with E-state index in [9.17, 15) is 0 Å². The molecule has 0 aliphatic carbocycles. The lowest BCUT2D eigenvalue weighted by molar-refractivity contribution is 1.21. The maximum atomic E-state index is 4.06. The van der Waals surface area contributed by atoms with Crippen LogP contribution in [0.4, 0.5) is 5.69 Å². The molecule has 0 amide bonds. The van der Waals surface area contributed by atoms with Crippen LogP contribution in [-0.4, -0.2) is 11.5 Å². The van der Waals surface area contributed by atoms with Crippen LogP contribution in [0.1, 0.15) is 6.92 Å². The largest absolute Gasteiger partial charge is 0.385 e. The van der Waals surface area contributed by atoms with Gasteiger partial charge in [0.25, 0.3) is 0 Å². The van der Waals surface area contributed by atoms with Crippen LogP contribution in [0.5, 0.6) is 0 Å². The van der Waals surface area contributed by atoms with E-state index in [4.69, 9.17) is 0 Å². The maximum absolute atomic E-state index is 4.06. The van der Waals surface area contributed by atoms with E-state index in [1.165, 1.54) is 26.6 Å². The second-order valence-electron chi connectivity index (χ2n) is 4.51. The molecular formula is C17H16N2S. The number of hydrogen-bond acceptors (Lipinski definition) is 3. The Morgan fingerprint density at radius 2 is 1.45 bits per heavy atom. The molecule has 3 heteroatoms. The lowest BCUT2D eigenvalue weighted by Gasteiger charge is -2.03. The fraction of sp³-hybridized carbons (Fsp3) is 0.118. The topological polar surface area (TPSA) is 24.9 Å². The van der Waals surface area contributed by atoms with Gasteiger partial charge in [0.2, 0.25) is 0 Å². The van der Waals surface area contributed by atoms with Crippen LogP contribution in [0, 0.1) is 0 Å². The van der Waals surface area contributed by atoms with Crippen LogP contribution in [0.3, 0.4) is 0 Å².